The summed E-state index contributed by atoms with van der Waals surface area (Å²) in [5.41, 5.74) is -1.32. The Morgan fingerprint density at radius 2 is 1.92 bits per heavy atom. The molecular weight excluding hydrogens is 308 g/mol. The van der Waals surface area contributed by atoms with Crippen LogP contribution in [0.4, 0.5) is 0 Å². The fraction of sp³-hybridized carbons (Fsp3) is 0.611. The number of nitrogens with one attached hydrogen (secondary N) is 1. The first-order valence-electron chi connectivity index (χ1n) is 8.45. The van der Waals surface area contributed by atoms with Crippen molar-refractivity contribution in [1.82, 2.24) is 10.2 Å². The lowest BCUT2D eigenvalue weighted by Crippen LogP contribution is -2.65. The molecular formula is C18H26N2O4. The van der Waals surface area contributed by atoms with Gasteiger partial charge in [-0.1, -0.05) is 12.1 Å². The maximum Gasteiger partial charge on any atom is 0.311 e. The van der Waals surface area contributed by atoms with Crippen LogP contribution in [0.15, 0.2) is 24.3 Å². The SMILES string of the molecule is CC(C)(C)C(=O)OCC1(N2CCNCC2)COc2ccccc2O1. The fourth-order valence-electron chi connectivity index (χ4n) is 2.86. The van der Waals surface area contributed by atoms with Crippen LogP contribution >= 0.6 is 0 Å². The standard InChI is InChI=1S/C18H26N2O4/c1-17(2,3)16(21)23-13-18(20-10-8-19-9-11-20)12-22-14-6-4-5-7-15(14)24-18/h4-7,19H,8-13H2,1-3H3. The zero-order valence-electron chi connectivity index (χ0n) is 14.6. The molecule has 1 atom stereocenters. The van der Waals surface area contributed by atoms with Crippen LogP contribution < -0.4 is 14.8 Å². The first-order chi connectivity index (χ1) is 11.4. The molecule has 3 rings (SSSR count). The van der Waals surface area contributed by atoms with Crippen molar-refractivity contribution in [3.63, 3.8) is 0 Å². The summed E-state index contributed by atoms with van der Waals surface area (Å²) < 4.78 is 17.9. The number of rotatable bonds is 3. The minimum Gasteiger partial charge on any atom is -0.484 e. The molecule has 0 saturated carbocycles. The summed E-state index contributed by atoms with van der Waals surface area (Å²) in [7, 11) is 0. The third-order valence-corrected chi connectivity index (χ3v) is 4.34. The molecule has 132 valence electrons. The number of fused-ring (bicyclic) bond motifs is 1. The van der Waals surface area contributed by atoms with Gasteiger partial charge >= 0.3 is 5.97 Å². The highest BCUT2D eigenvalue weighted by Gasteiger charge is 2.46. The molecule has 0 bridgehead atoms. The lowest BCUT2D eigenvalue weighted by molar-refractivity contribution is -0.186. The smallest absolute Gasteiger partial charge is 0.311 e. The zero-order chi connectivity index (χ0) is 17.2. The Balaban J connectivity index is 1.81. The predicted molar refractivity (Wildman–Crippen MR) is 90.2 cm³/mol. The minimum absolute atomic E-state index is 0.150. The second kappa shape index (κ2) is 6.61. The van der Waals surface area contributed by atoms with E-state index in [9.17, 15) is 4.79 Å². The molecule has 2 aliphatic rings. The highest BCUT2D eigenvalue weighted by Crippen LogP contribution is 2.37. The summed E-state index contributed by atoms with van der Waals surface area (Å²) in [6.45, 7) is 9.41. The Morgan fingerprint density at radius 3 is 2.58 bits per heavy atom. The van der Waals surface area contributed by atoms with Gasteiger partial charge in [0.1, 0.15) is 13.2 Å². The van der Waals surface area contributed by atoms with Crippen molar-refractivity contribution in [2.75, 3.05) is 39.4 Å². The number of carbonyl (C=O) groups is 1. The van der Waals surface area contributed by atoms with Crippen LogP contribution in [0.2, 0.25) is 0 Å². The quantitative estimate of drug-likeness (QED) is 0.848. The van der Waals surface area contributed by atoms with Gasteiger partial charge in [-0.3, -0.25) is 9.69 Å². The summed E-state index contributed by atoms with van der Waals surface area (Å²) in [5.74, 6) is 1.18. The number of ether oxygens (including phenoxy) is 3. The van der Waals surface area contributed by atoms with Crippen molar-refractivity contribution >= 4 is 5.97 Å². The normalized spacial score (nSPS) is 24.5. The molecule has 6 nitrogen and oxygen atoms in total. The summed E-state index contributed by atoms with van der Waals surface area (Å²) in [6, 6.07) is 7.60. The number of para-hydroxylation sites is 2. The van der Waals surface area contributed by atoms with Crippen LogP contribution in [-0.4, -0.2) is 56.0 Å². The number of hydrogen-bond acceptors (Lipinski definition) is 6. The Kier molecular flexibility index (Phi) is 4.69. The molecule has 0 aliphatic carbocycles. The van der Waals surface area contributed by atoms with Gasteiger partial charge in [0.05, 0.1) is 5.41 Å². The molecule has 1 fully saturated rings. The molecule has 2 heterocycles. The molecule has 24 heavy (non-hydrogen) atoms. The van der Waals surface area contributed by atoms with Crippen LogP contribution in [0.3, 0.4) is 0 Å². The molecule has 1 saturated heterocycles. The first kappa shape index (κ1) is 17.0. The number of hydrogen-bond donors (Lipinski definition) is 1. The average molecular weight is 334 g/mol. The average Bonchev–Trinajstić information content (AvgIpc) is 2.59. The van der Waals surface area contributed by atoms with Crippen LogP contribution in [0, 0.1) is 5.41 Å². The predicted octanol–water partition coefficient (Wildman–Crippen LogP) is 1.65. The molecule has 6 heteroatoms. The monoisotopic (exact) mass is 334 g/mol. The molecule has 1 aromatic carbocycles. The Hall–Kier alpha value is -1.79. The molecule has 0 aromatic heterocycles. The van der Waals surface area contributed by atoms with E-state index in [-0.39, 0.29) is 12.6 Å². The molecule has 0 radical (unpaired) electrons. The number of carbonyl (C=O) groups excluding carboxylic acids is 1. The molecule has 1 aromatic rings. The van der Waals surface area contributed by atoms with Gasteiger partial charge in [-0.25, -0.2) is 0 Å². The van der Waals surface area contributed by atoms with Crippen molar-refractivity contribution in [1.29, 1.82) is 0 Å². The summed E-state index contributed by atoms with van der Waals surface area (Å²) in [4.78, 5) is 14.4. The van der Waals surface area contributed by atoms with E-state index in [0.29, 0.717) is 12.4 Å². The zero-order valence-corrected chi connectivity index (χ0v) is 14.6. The van der Waals surface area contributed by atoms with Crippen LogP contribution in [0.5, 0.6) is 11.5 Å². The summed E-state index contributed by atoms with van der Waals surface area (Å²) in [6.07, 6.45) is 0. The Bertz CT molecular complexity index is 593. The van der Waals surface area contributed by atoms with Gasteiger partial charge in [0, 0.05) is 26.2 Å². The van der Waals surface area contributed by atoms with E-state index in [2.05, 4.69) is 10.2 Å². The Labute approximate surface area is 143 Å². The molecule has 0 spiro atoms. The second-order valence-electron chi connectivity index (χ2n) is 7.35. The second-order valence-corrected chi connectivity index (χ2v) is 7.35. The van der Waals surface area contributed by atoms with E-state index >= 15 is 0 Å². The molecule has 1 unspecified atom stereocenters. The Morgan fingerprint density at radius 1 is 1.25 bits per heavy atom. The fourth-order valence-corrected chi connectivity index (χ4v) is 2.86. The van der Waals surface area contributed by atoms with Gasteiger partial charge in [0.25, 0.3) is 0 Å². The van der Waals surface area contributed by atoms with Crippen molar-refractivity contribution < 1.29 is 19.0 Å². The largest absolute Gasteiger partial charge is 0.484 e. The highest BCUT2D eigenvalue weighted by molar-refractivity contribution is 5.75. The summed E-state index contributed by atoms with van der Waals surface area (Å²) >= 11 is 0. The van der Waals surface area contributed by atoms with Gasteiger partial charge in [0.2, 0.25) is 5.72 Å². The third-order valence-electron chi connectivity index (χ3n) is 4.34. The van der Waals surface area contributed by atoms with E-state index in [1.807, 2.05) is 45.0 Å². The maximum absolute atomic E-state index is 12.2. The van der Waals surface area contributed by atoms with E-state index in [1.165, 1.54) is 0 Å². The third kappa shape index (κ3) is 3.49. The number of esters is 1. The maximum atomic E-state index is 12.2. The topological polar surface area (TPSA) is 60.0 Å². The lowest BCUT2D eigenvalue weighted by Gasteiger charge is -2.46. The van der Waals surface area contributed by atoms with Gasteiger partial charge in [-0.05, 0) is 32.9 Å². The van der Waals surface area contributed by atoms with Gasteiger partial charge < -0.3 is 19.5 Å². The van der Waals surface area contributed by atoms with Gasteiger partial charge in [-0.15, -0.1) is 0 Å². The van der Waals surface area contributed by atoms with E-state index in [0.717, 1.165) is 31.9 Å². The van der Waals surface area contributed by atoms with Crippen molar-refractivity contribution in [3.8, 4) is 11.5 Å². The van der Waals surface area contributed by atoms with Crippen molar-refractivity contribution in [2.45, 2.75) is 26.5 Å². The minimum atomic E-state index is -0.780. The number of piperazine rings is 1. The number of nitrogens with zero attached hydrogens (tertiary/aromatic N) is 1. The van der Waals surface area contributed by atoms with Gasteiger partial charge in [-0.2, -0.15) is 0 Å². The van der Waals surface area contributed by atoms with E-state index in [4.69, 9.17) is 14.2 Å². The van der Waals surface area contributed by atoms with Crippen LogP contribution in [0.1, 0.15) is 20.8 Å². The lowest BCUT2D eigenvalue weighted by atomic mass is 9.97. The van der Waals surface area contributed by atoms with E-state index in [1.54, 1.807) is 0 Å². The number of benzene rings is 1. The van der Waals surface area contributed by atoms with Crippen LogP contribution in [0.25, 0.3) is 0 Å². The molecule has 1 N–H and O–H groups in total. The molecule has 2 aliphatic heterocycles. The molecule has 0 amide bonds. The van der Waals surface area contributed by atoms with Gasteiger partial charge in [0.15, 0.2) is 11.5 Å². The highest BCUT2D eigenvalue weighted by atomic mass is 16.6. The van der Waals surface area contributed by atoms with E-state index < -0.39 is 11.1 Å². The van der Waals surface area contributed by atoms with Crippen molar-refractivity contribution in [3.05, 3.63) is 24.3 Å². The van der Waals surface area contributed by atoms with Crippen molar-refractivity contribution in [2.24, 2.45) is 5.41 Å². The van der Waals surface area contributed by atoms with Crippen LogP contribution in [-0.2, 0) is 9.53 Å². The first-order valence-corrected chi connectivity index (χ1v) is 8.45. The summed E-state index contributed by atoms with van der Waals surface area (Å²) in [5, 5.41) is 3.33.